The molecule has 4 aromatic rings. The zero-order valence-corrected chi connectivity index (χ0v) is 25.8. The standard InChI is InChI=1S/C31H30N4O8S2/c1-2-42-31(37)24-15-13-23(14-16-24)29-18-17-25(43-29)21-32-33-30(36)28-22-34(44(38,39)26-9-5-3-6-10-26)19-20-35(28)45(40,41)27-11-7-4-8-12-27/h3-18,21,28H,2,19-20,22H2,1H3,(H,33,36)/b32-21-/t28-/m1/s1. The Balaban J connectivity index is 1.34. The third-order valence-corrected chi connectivity index (χ3v) is 10.8. The van der Waals surface area contributed by atoms with E-state index < -0.39 is 44.5 Å². The highest BCUT2D eigenvalue weighted by Crippen LogP contribution is 2.26. The average Bonchev–Trinajstić information content (AvgIpc) is 3.54. The van der Waals surface area contributed by atoms with Crippen LogP contribution in [0.4, 0.5) is 0 Å². The second kappa shape index (κ2) is 13.6. The quantitative estimate of drug-likeness (QED) is 0.156. The molecule has 2 heterocycles. The summed E-state index contributed by atoms with van der Waals surface area (Å²) < 4.78 is 66.6. The molecule has 0 unspecified atom stereocenters. The van der Waals surface area contributed by atoms with Crippen molar-refractivity contribution >= 4 is 38.1 Å². The van der Waals surface area contributed by atoms with Gasteiger partial charge >= 0.3 is 5.97 Å². The van der Waals surface area contributed by atoms with Crippen LogP contribution in [0.3, 0.4) is 0 Å². The van der Waals surface area contributed by atoms with Gasteiger partial charge in [-0.15, -0.1) is 0 Å². The Hall–Kier alpha value is -4.63. The lowest BCUT2D eigenvalue weighted by molar-refractivity contribution is -0.125. The van der Waals surface area contributed by atoms with Crippen LogP contribution in [0.5, 0.6) is 0 Å². The van der Waals surface area contributed by atoms with Crippen molar-refractivity contribution in [3.63, 3.8) is 0 Å². The number of nitrogens with zero attached hydrogens (tertiary/aromatic N) is 3. The number of nitrogens with one attached hydrogen (secondary N) is 1. The minimum absolute atomic E-state index is 0.0240. The first-order valence-electron chi connectivity index (χ1n) is 13.9. The highest BCUT2D eigenvalue weighted by Gasteiger charge is 2.43. The van der Waals surface area contributed by atoms with E-state index in [0.29, 0.717) is 16.9 Å². The van der Waals surface area contributed by atoms with Crippen LogP contribution in [0, 0.1) is 0 Å². The summed E-state index contributed by atoms with van der Waals surface area (Å²) in [7, 11) is -8.16. The van der Waals surface area contributed by atoms with Crippen LogP contribution in [0.2, 0.25) is 0 Å². The highest BCUT2D eigenvalue weighted by atomic mass is 32.2. The number of amides is 1. The Labute approximate surface area is 261 Å². The smallest absolute Gasteiger partial charge is 0.338 e. The first kappa shape index (κ1) is 31.8. The van der Waals surface area contributed by atoms with Crippen molar-refractivity contribution in [2.45, 2.75) is 22.8 Å². The number of carbonyl (C=O) groups excluding carboxylic acids is 2. The molecule has 45 heavy (non-hydrogen) atoms. The van der Waals surface area contributed by atoms with E-state index in [4.69, 9.17) is 9.15 Å². The van der Waals surface area contributed by atoms with Gasteiger partial charge in [-0.1, -0.05) is 48.5 Å². The van der Waals surface area contributed by atoms with Gasteiger partial charge in [0.1, 0.15) is 17.6 Å². The molecule has 0 spiro atoms. The van der Waals surface area contributed by atoms with Crippen molar-refractivity contribution in [1.29, 1.82) is 0 Å². The SMILES string of the molecule is CCOC(=O)c1ccc(-c2ccc(/C=N\NC(=O)[C@H]3CN(S(=O)(=O)c4ccccc4)CCN3S(=O)(=O)c3ccccc3)o2)cc1. The lowest BCUT2D eigenvalue weighted by Crippen LogP contribution is -2.60. The van der Waals surface area contributed by atoms with Crippen molar-refractivity contribution in [2.24, 2.45) is 5.10 Å². The zero-order valence-electron chi connectivity index (χ0n) is 24.1. The Morgan fingerprint density at radius 1 is 0.867 bits per heavy atom. The number of hydrazone groups is 1. The largest absolute Gasteiger partial charge is 0.462 e. The minimum atomic E-state index is -4.15. The summed E-state index contributed by atoms with van der Waals surface area (Å²) in [6.45, 7) is 1.18. The zero-order chi connectivity index (χ0) is 32.0. The molecule has 1 aliphatic heterocycles. The van der Waals surface area contributed by atoms with Gasteiger partial charge in [-0.05, 0) is 55.5 Å². The number of furan rings is 1. The molecule has 1 aliphatic rings. The van der Waals surface area contributed by atoms with Crippen LogP contribution >= 0.6 is 0 Å². The Kier molecular flexibility index (Phi) is 9.58. The minimum Gasteiger partial charge on any atom is -0.462 e. The third kappa shape index (κ3) is 7.04. The fourth-order valence-corrected chi connectivity index (χ4v) is 7.78. The summed E-state index contributed by atoms with van der Waals surface area (Å²) in [5, 5.41) is 3.95. The van der Waals surface area contributed by atoms with Crippen LogP contribution in [-0.2, 0) is 29.6 Å². The van der Waals surface area contributed by atoms with Crippen molar-refractivity contribution in [1.82, 2.24) is 14.0 Å². The predicted molar refractivity (Wildman–Crippen MR) is 165 cm³/mol. The molecule has 1 aromatic heterocycles. The van der Waals surface area contributed by atoms with Crippen molar-refractivity contribution in [2.75, 3.05) is 26.2 Å². The molecule has 5 rings (SSSR count). The molecule has 1 fully saturated rings. The Morgan fingerprint density at radius 2 is 1.49 bits per heavy atom. The number of hydrogen-bond donors (Lipinski definition) is 1. The lowest BCUT2D eigenvalue weighted by atomic mass is 10.1. The molecule has 0 bridgehead atoms. The molecule has 1 atom stereocenters. The van der Waals surface area contributed by atoms with E-state index >= 15 is 0 Å². The molecular weight excluding hydrogens is 620 g/mol. The maximum absolute atomic E-state index is 13.6. The molecule has 12 nitrogen and oxygen atoms in total. The highest BCUT2D eigenvalue weighted by molar-refractivity contribution is 7.89. The van der Waals surface area contributed by atoms with Gasteiger partial charge in [0.2, 0.25) is 20.0 Å². The molecule has 0 aliphatic carbocycles. The average molecular weight is 651 g/mol. The molecule has 0 saturated carbocycles. The summed E-state index contributed by atoms with van der Waals surface area (Å²) in [5.41, 5.74) is 3.43. The first-order chi connectivity index (χ1) is 21.6. The number of ether oxygens (including phenoxy) is 1. The normalized spacial score (nSPS) is 16.4. The summed E-state index contributed by atoms with van der Waals surface area (Å²) in [6.07, 6.45) is 1.24. The molecule has 3 aromatic carbocycles. The van der Waals surface area contributed by atoms with Crippen LogP contribution < -0.4 is 5.43 Å². The number of benzene rings is 3. The van der Waals surface area contributed by atoms with E-state index in [9.17, 15) is 26.4 Å². The summed E-state index contributed by atoms with van der Waals surface area (Å²) >= 11 is 0. The molecule has 1 N–H and O–H groups in total. The number of carbonyl (C=O) groups is 2. The van der Waals surface area contributed by atoms with Crippen molar-refractivity contribution in [3.05, 3.63) is 108 Å². The van der Waals surface area contributed by atoms with E-state index in [1.54, 1.807) is 79.7 Å². The van der Waals surface area contributed by atoms with Gasteiger partial charge in [-0.25, -0.2) is 27.1 Å². The molecule has 1 amide bonds. The van der Waals surface area contributed by atoms with E-state index in [1.807, 2.05) is 0 Å². The number of sulfonamides is 2. The molecule has 234 valence electrons. The monoisotopic (exact) mass is 650 g/mol. The number of hydrogen-bond acceptors (Lipinski definition) is 9. The van der Waals surface area contributed by atoms with Gasteiger partial charge in [0.05, 0.1) is 28.2 Å². The maximum Gasteiger partial charge on any atom is 0.338 e. The van der Waals surface area contributed by atoms with Gasteiger partial charge in [-0.2, -0.15) is 13.7 Å². The molecule has 1 saturated heterocycles. The predicted octanol–water partition coefficient (Wildman–Crippen LogP) is 3.34. The number of piperazine rings is 1. The van der Waals surface area contributed by atoms with Gasteiger partial charge in [0.25, 0.3) is 5.91 Å². The van der Waals surface area contributed by atoms with Gasteiger partial charge in [0.15, 0.2) is 0 Å². The number of esters is 1. The van der Waals surface area contributed by atoms with Gasteiger partial charge in [-0.3, -0.25) is 4.79 Å². The summed E-state index contributed by atoms with van der Waals surface area (Å²) in [5.74, 6) is -0.487. The summed E-state index contributed by atoms with van der Waals surface area (Å²) in [4.78, 5) is 25.3. The maximum atomic E-state index is 13.6. The lowest BCUT2D eigenvalue weighted by Gasteiger charge is -2.38. The van der Waals surface area contributed by atoms with Crippen LogP contribution in [0.1, 0.15) is 23.0 Å². The van der Waals surface area contributed by atoms with E-state index in [0.717, 1.165) is 8.61 Å². The van der Waals surface area contributed by atoms with Crippen LogP contribution in [0.25, 0.3) is 11.3 Å². The van der Waals surface area contributed by atoms with Crippen molar-refractivity contribution < 1.29 is 35.6 Å². The molecular formula is C31H30N4O8S2. The van der Waals surface area contributed by atoms with Gasteiger partial charge < -0.3 is 9.15 Å². The third-order valence-electron chi connectivity index (χ3n) is 7.00. The molecule has 14 heteroatoms. The molecule has 0 radical (unpaired) electrons. The first-order valence-corrected chi connectivity index (χ1v) is 16.8. The Bertz CT molecular complexity index is 1890. The van der Waals surface area contributed by atoms with E-state index in [1.165, 1.54) is 30.5 Å². The second-order valence-corrected chi connectivity index (χ2v) is 13.7. The van der Waals surface area contributed by atoms with E-state index in [-0.39, 0.29) is 35.2 Å². The van der Waals surface area contributed by atoms with Gasteiger partial charge in [0, 0.05) is 25.2 Å². The van der Waals surface area contributed by atoms with Crippen LogP contribution in [-0.4, -0.2) is 75.8 Å². The Morgan fingerprint density at radius 3 is 2.11 bits per heavy atom. The number of rotatable bonds is 10. The summed E-state index contributed by atoms with van der Waals surface area (Å²) in [6, 6.07) is 23.9. The van der Waals surface area contributed by atoms with Crippen LogP contribution in [0.15, 0.2) is 116 Å². The topological polar surface area (TPSA) is 156 Å². The van der Waals surface area contributed by atoms with Crippen molar-refractivity contribution in [3.8, 4) is 11.3 Å². The van der Waals surface area contributed by atoms with E-state index in [2.05, 4.69) is 10.5 Å². The second-order valence-electron chi connectivity index (χ2n) is 9.85. The fraction of sp³-hybridized carbons (Fsp3) is 0.194. The fourth-order valence-electron chi connectivity index (χ4n) is 4.73.